The molecule has 0 saturated heterocycles. The molecule has 2 aromatic carbocycles. The number of hydrogen-bond acceptors (Lipinski definition) is 6. The van der Waals surface area contributed by atoms with Crippen molar-refractivity contribution < 1.29 is 32.6 Å². The van der Waals surface area contributed by atoms with Crippen molar-refractivity contribution in [2.45, 2.75) is 19.3 Å². The number of Topliss-reactive ketones (excluding diaryl/α,β-unsaturated/α-hetero) is 1. The lowest BCUT2D eigenvalue weighted by Gasteiger charge is -2.10. The number of ether oxygens (including phenoxy) is 2. The second-order valence-electron chi connectivity index (χ2n) is 6.23. The summed E-state index contributed by atoms with van der Waals surface area (Å²) >= 11 is 0. The summed E-state index contributed by atoms with van der Waals surface area (Å²) in [5.41, 5.74) is 1.49. The number of para-hydroxylation sites is 1. The van der Waals surface area contributed by atoms with E-state index in [0.717, 1.165) is 0 Å². The van der Waals surface area contributed by atoms with Crippen LogP contribution in [0.4, 0.5) is 8.78 Å². The topological polar surface area (TPSA) is 81.8 Å². The highest BCUT2D eigenvalue weighted by atomic mass is 19.3. The van der Waals surface area contributed by atoms with E-state index >= 15 is 0 Å². The van der Waals surface area contributed by atoms with Crippen LogP contribution in [0.1, 0.15) is 11.3 Å². The molecule has 0 amide bonds. The number of phenolic OH excluding ortho intramolecular Hbond substituents is 1. The van der Waals surface area contributed by atoms with Crippen molar-refractivity contribution in [2.75, 3.05) is 13.7 Å². The zero-order valence-electron chi connectivity index (χ0n) is 15.6. The zero-order valence-corrected chi connectivity index (χ0v) is 15.6. The Morgan fingerprint density at radius 2 is 1.97 bits per heavy atom. The van der Waals surface area contributed by atoms with Crippen LogP contribution < -0.4 is 9.47 Å². The fourth-order valence-electron chi connectivity index (χ4n) is 2.76. The summed E-state index contributed by atoms with van der Waals surface area (Å²) in [4.78, 5) is 16.7. The number of benzene rings is 2. The zero-order chi connectivity index (χ0) is 20.8. The second kappa shape index (κ2) is 9.18. The maximum absolute atomic E-state index is 12.4. The molecule has 1 N–H and O–H groups in total. The Morgan fingerprint density at radius 1 is 1.17 bits per heavy atom. The number of carbonyl (C=O) groups is 1. The van der Waals surface area contributed by atoms with Crippen LogP contribution in [0.15, 0.2) is 53.1 Å². The van der Waals surface area contributed by atoms with Crippen molar-refractivity contribution in [1.82, 2.24) is 4.98 Å². The van der Waals surface area contributed by atoms with Crippen LogP contribution in [0, 0.1) is 0 Å². The largest absolute Gasteiger partial charge is 0.504 e. The first-order chi connectivity index (χ1) is 14.0. The van der Waals surface area contributed by atoms with Crippen LogP contribution in [0.25, 0.3) is 11.5 Å². The third-order valence-corrected chi connectivity index (χ3v) is 4.08. The molecule has 0 atom stereocenters. The van der Waals surface area contributed by atoms with Crippen molar-refractivity contribution >= 4 is 5.78 Å². The highest BCUT2D eigenvalue weighted by Crippen LogP contribution is 2.31. The average Bonchev–Trinajstić information content (AvgIpc) is 3.15. The van der Waals surface area contributed by atoms with E-state index in [1.165, 1.54) is 19.4 Å². The molecule has 1 heterocycles. The van der Waals surface area contributed by atoms with E-state index in [-0.39, 0.29) is 36.0 Å². The molecule has 0 aliphatic rings. The van der Waals surface area contributed by atoms with Crippen LogP contribution in [0.3, 0.4) is 0 Å². The van der Waals surface area contributed by atoms with Gasteiger partial charge >= 0.3 is 0 Å². The van der Waals surface area contributed by atoms with Gasteiger partial charge in [0.25, 0.3) is 6.43 Å². The number of hydrogen-bond donors (Lipinski definition) is 1. The molecule has 29 heavy (non-hydrogen) atoms. The lowest BCUT2D eigenvalue weighted by molar-refractivity contribution is -0.117. The first-order valence-electron chi connectivity index (χ1n) is 8.78. The fraction of sp³-hybridized carbons (Fsp3) is 0.238. The van der Waals surface area contributed by atoms with Gasteiger partial charge in [-0.25, -0.2) is 13.8 Å². The molecule has 3 aromatic rings. The standard InChI is InChI=1S/C21H19F2NO5/c1-27-19-7-6-14(9-17(19)26)21-24-15(11-29-21)10-16(25)8-13-4-2-3-5-18(13)28-12-20(22)23/h2-7,9,11,20,26H,8,10,12H2,1H3. The first kappa shape index (κ1) is 20.3. The van der Waals surface area contributed by atoms with Crippen molar-refractivity contribution in [3.8, 4) is 28.7 Å². The molecule has 0 bridgehead atoms. The number of alkyl halides is 2. The minimum absolute atomic E-state index is 0.00875. The Balaban J connectivity index is 1.66. The molecule has 0 fully saturated rings. The van der Waals surface area contributed by atoms with E-state index in [1.807, 2.05) is 0 Å². The second-order valence-corrected chi connectivity index (χ2v) is 6.23. The Morgan fingerprint density at radius 3 is 2.69 bits per heavy atom. The van der Waals surface area contributed by atoms with Gasteiger partial charge in [-0.15, -0.1) is 0 Å². The summed E-state index contributed by atoms with van der Waals surface area (Å²) in [6.07, 6.45) is -1.20. The van der Waals surface area contributed by atoms with Crippen LogP contribution in [0.5, 0.6) is 17.2 Å². The minimum Gasteiger partial charge on any atom is -0.504 e. The van der Waals surface area contributed by atoms with Crippen LogP contribution in [0.2, 0.25) is 0 Å². The number of rotatable bonds is 9. The minimum atomic E-state index is -2.59. The Hall–Kier alpha value is -3.42. The summed E-state index contributed by atoms with van der Waals surface area (Å²) in [6, 6.07) is 11.3. The quantitative estimate of drug-likeness (QED) is 0.580. The van der Waals surface area contributed by atoms with E-state index in [2.05, 4.69) is 4.98 Å². The predicted molar refractivity (Wildman–Crippen MR) is 101 cm³/mol. The molecule has 0 radical (unpaired) electrons. The lowest BCUT2D eigenvalue weighted by atomic mass is 10.1. The number of oxazole rings is 1. The van der Waals surface area contributed by atoms with Gasteiger partial charge in [-0.2, -0.15) is 0 Å². The number of halogens is 2. The molecular weight excluding hydrogens is 384 g/mol. The molecule has 1 aromatic heterocycles. The monoisotopic (exact) mass is 403 g/mol. The van der Waals surface area contributed by atoms with Gasteiger partial charge in [0, 0.05) is 17.5 Å². The normalized spacial score (nSPS) is 10.9. The average molecular weight is 403 g/mol. The van der Waals surface area contributed by atoms with E-state index < -0.39 is 13.0 Å². The number of aromatic nitrogens is 1. The molecule has 0 spiro atoms. The van der Waals surface area contributed by atoms with E-state index in [0.29, 0.717) is 22.6 Å². The third kappa shape index (κ3) is 5.31. The molecular formula is C21H19F2NO5. The fourth-order valence-corrected chi connectivity index (χ4v) is 2.76. The SMILES string of the molecule is COc1ccc(-c2nc(CC(=O)Cc3ccccc3OCC(F)F)co2)cc1O. The Kier molecular flexibility index (Phi) is 6.43. The van der Waals surface area contributed by atoms with E-state index in [9.17, 15) is 18.7 Å². The molecule has 0 aliphatic carbocycles. The Bertz CT molecular complexity index is 987. The maximum atomic E-state index is 12.4. The van der Waals surface area contributed by atoms with Gasteiger partial charge < -0.3 is 19.0 Å². The molecule has 3 rings (SSSR count). The van der Waals surface area contributed by atoms with Gasteiger partial charge in [-0.3, -0.25) is 4.79 Å². The van der Waals surface area contributed by atoms with Gasteiger partial charge in [-0.05, 0) is 24.3 Å². The van der Waals surface area contributed by atoms with Crippen molar-refractivity contribution in [3.05, 3.63) is 60.0 Å². The highest BCUT2D eigenvalue weighted by Gasteiger charge is 2.15. The highest BCUT2D eigenvalue weighted by molar-refractivity contribution is 5.83. The summed E-state index contributed by atoms with van der Waals surface area (Å²) in [7, 11) is 1.44. The predicted octanol–water partition coefficient (Wildman–Crippen LogP) is 4.05. The van der Waals surface area contributed by atoms with Crippen molar-refractivity contribution in [1.29, 1.82) is 0 Å². The number of phenols is 1. The first-order valence-corrected chi connectivity index (χ1v) is 8.78. The van der Waals surface area contributed by atoms with Gasteiger partial charge in [0.05, 0.1) is 19.2 Å². The van der Waals surface area contributed by atoms with Crippen molar-refractivity contribution in [3.63, 3.8) is 0 Å². The summed E-state index contributed by atoms with van der Waals surface area (Å²) in [6.45, 7) is -0.730. The number of aromatic hydroxyl groups is 1. The van der Waals surface area contributed by atoms with E-state index in [1.54, 1.807) is 36.4 Å². The number of carbonyl (C=O) groups excluding carboxylic acids is 1. The van der Waals surface area contributed by atoms with Gasteiger partial charge in [0.15, 0.2) is 11.5 Å². The van der Waals surface area contributed by atoms with E-state index in [4.69, 9.17) is 13.9 Å². The third-order valence-electron chi connectivity index (χ3n) is 4.08. The summed E-state index contributed by atoms with van der Waals surface area (Å²) in [5, 5.41) is 9.87. The molecule has 0 saturated carbocycles. The summed E-state index contributed by atoms with van der Waals surface area (Å²) in [5.74, 6) is 0.613. The maximum Gasteiger partial charge on any atom is 0.272 e. The molecule has 8 heteroatoms. The van der Waals surface area contributed by atoms with Gasteiger partial charge in [0.2, 0.25) is 5.89 Å². The number of methoxy groups -OCH3 is 1. The van der Waals surface area contributed by atoms with Crippen LogP contribution >= 0.6 is 0 Å². The van der Waals surface area contributed by atoms with Gasteiger partial charge in [-0.1, -0.05) is 18.2 Å². The number of ketones is 1. The van der Waals surface area contributed by atoms with Crippen LogP contribution in [-0.4, -0.2) is 36.0 Å². The molecule has 0 aliphatic heterocycles. The molecule has 0 unspecified atom stereocenters. The molecule has 152 valence electrons. The molecule has 6 nitrogen and oxygen atoms in total. The van der Waals surface area contributed by atoms with Crippen LogP contribution in [-0.2, 0) is 17.6 Å². The summed E-state index contributed by atoms with van der Waals surface area (Å²) < 4.78 is 40.2. The Labute approximate surface area is 165 Å². The van der Waals surface area contributed by atoms with Gasteiger partial charge in [0.1, 0.15) is 24.4 Å². The smallest absolute Gasteiger partial charge is 0.272 e. The van der Waals surface area contributed by atoms with Crippen molar-refractivity contribution in [2.24, 2.45) is 0 Å². The lowest BCUT2D eigenvalue weighted by Crippen LogP contribution is -2.11. The number of nitrogens with zero attached hydrogens (tertiary/aromatic N) is 1.